The monoisotopic (exact) mass is 363 g/mol. The molecule has 118 valence electrons. The predicted octanol–water partition coefficient (Wildman–Crippen LogP) is 4.46. The second-order valence-corrected chi connectivity index (χ2v) is 7.77. The van der Waals surface area contributed by atoms with Crippen LogP contribution in [0.15, 0.2) is 16.6 Å². The van der Waals surface area contributed by atoms with E-state index in [1.54, 1.807) is 0 Å². The van der Waals surface area contributed by atoms with Crippen LogP contribution in [-0.4, -0.2) is 18.1 Å². The van der Waals surface area contributed by atoms with Crippen molar-refractivity contribution in [3.8, 4) is 5.75 Å². The van der Waals surface area contributed by atoms with Gasteiger partial charge < -0.3 is 9.64 Å². The highest BCUT2D eigenvalue weighted by Gasteiger charge is 2.39. The largest absolute Gasteiger partial charge is 0.489 e. The Hall–Kier alpha value is -1.03. The average molecular weight is 364 g/mol. The number of hydrogen-bond acceptors (Lipinski definition) is 2. The minimum Gasteiger partial charge on any atom is -0.489 e. The molecule has 1 aromatic carbocycles. The molecule has 0 bridgehead atoms. The van der Waals surface area contributed by atoms with Crippen molar-refractivity contribution in [1.29, 1.82) is 0 Å². The molecule has 1 aliphatic heterocycles. The molecule has 1 heterocycles. The van der Waals surface area contributed by atoms with E-state index < -0.39 is 0 Å². The number of amides is 1. The van der Waals surface area contributed by atoms with Crippen LogP contribution in [-0.2, 0) is 11.2 Å². The molecule has 4 rings (SSSR count). The van der Waals surface area contributed by atoms with E-state index in [1.807, 2.05) is 11.0 Å². The zero-order valence-electron chi connectivity index (χ0n) is 13.0. The van der Waals surface area contributed by atoms with Gasteiger partial charge in [-0.05, 0) is 79.9 Å². The van der Waals surface area contributed by atoms with Crippen LogP contribution >= 0.6 is 15.9 Å². The third-order valence-corrected chi connectivity index (χ3v) is 5.83. The fraction of sp³-hybridized carbons (Fsp3) is 0.611. The van der Waals surface area contributed by atoms with E-state index in [9.17, 15) is 4.79 Å². The molecular weight excluding hydrogens is 342 g/mol. The molecular formula is C18H22BrNO2. The van der Waals surface area contributed by atoms with E-state index in [2.05, 4.69) is 28.9 Å². The number of carbonyl (C=O) groups is 1. The van der Waals surface area contributed by atoms with Gasteiger partial charge in [-0.1, -0.05) is 0 Å². The summed E-state index contributed by atoms with van der Waals surface area (Å²) in [5.41, 5.74) is 2.29. The van der Waals surface area contributed by atoms with Gasteiger partial charge in [-0.3, -0.25) is 4.79 Å². The molecule has 0 radical (unpaired) electrons. The highest BCUT2D eigenvalue weighted by atomic mass is 79.9. The molecule has 3 aliphatic rings. The van der Waals surface area contributed by atoms with Crippen LogP contribution < -0.4 is 9.64 Å². The summed E-state index contributed by atoms with van der Waals surface area (Å²) in [6.45, 7) is 2.16. The van der Waals surface area contributed by atoms with E-state index in [-0.39, 0.29) is 5.92 Å². The molecule has 0 unspecified atom stereocenters. The lowest BCUT2D eigenvalue weighted by molar-refractivity contribution is -0.120. The highest BCUT2D eigenvalue weighted by Crippen LogP contribution is 2.44. The molecule has 2 aliphatic carbocycles. The van der Waals surface area contributed by atoms with Crippen molar-refractivity contribution in [3.63, 3.8) is 0 Å². The average Bonchev–Trinajstić information content (AvgIpc) is 3.28. The van der Waals surface area contributed by atoms with Crippen LogP contribution in [0.25, 0.3) is 0 Å². The second kappa shape index (κ2) is 5.55. The summed E-state index contributed by atoms with van der Waals surface area (Å²) in [5, 5.41) is 0. The Bertz CT molecular complexity index is 607. The van der Waals surface area contributed by atoms with Gasteiger partial charge in [0.2, 0.25) is 5.91 Å². The Morgan fingerprint density at radius 2 is 2.00 bits per heavy atom. The van der Waals surface area contributed by atoms with Crippen molar-refractivity contribution in [1.82, 2.24) is 0 Å². The summed E-state index contributed by atoms with van der Waals surface area (Å²) in [7, 11) is 0. The standard InChI is InChI=1S/C18H22BrNO2/c1-11-5-8-14-16(20(11)18(21)12-6-7-12)10-9-15(19)17(14)22-13-3-2-4-13/h9-13H,2-8H2,1H3/t11-/m0/s1. The highest BCUT2D eigenvalue weighted by molar-refractivity contribution is 9.10. The van der Waals surface area contributed by atoms with Gasteiger partial charge in [0.25, 0.3) is 0 Å². The maximum atomic E-state index is 12.7. The summed E-state index contributed by atoms with van der Waals surface area (Å²) in [5.74, 6) is 1.54. The lowest BCUT2D eigenvalue weighted by atomic mass is 9.93. The van der Waals surface area contributed by atoms with Crippen LogP contribution in [0.1, 0.15) is 51.0 Å². The number of benzene rings is 1. The maximum Gasteiger partial charge on any atom is 0.230 e. The normalized spacial score (nSPS) is 24.6. The topological polar surface area (TPSA) is 29.5 Å². The van der Waals surface area contributed by atoms with Gasteiger partial charge in [-0.2, -0.15) is 0 Å². The molecule has 0 spiro atoms. The van der Waals surface area contributed by atoms with Crippen molar-refractivity contribution < 1.29 is 9.53 Å². The summed E-state index contributed by atoms with van der Waals surface area (Å²) in [6.07, 6.45) is 8.04. The fourth-order valence-corrected chi connectivity index (χ4v) is 3.89. The van der Waals surface area contributed by atoms with Gasteiger partial charge in [-0.15, -0.1) is 0 Å². The van der Waals surface area contributed by atoms with Gasteiger partial charge in [0.05, 0.1) is 16.3 Å². The molecule has 0 N–H and O–H groups in total. The Morgan fingerprint density at radius 3 is 2.64 bits per heavy atom. The van der Waals surface area contributed by atoms with E-state index >= 15 is 0 Å². The quantitative estimate of drug-likeness (QED) is 0.793. The molecule has 4 heteroatoms. The Kier molecular flexibility index (Phi) is 3.67. The van der Waals surface area contributed by atoms with E-state index in [4.69, 9.17) is 4.74 Å². The Morgan fingerprint density at radius 1 is 1.23 bits per heavy atom. The molecule has 1 aromatic rings. The lowest BCUT2D eigenvalue weighted by Crippen LogP contribution is -2.43. The zero-order chi connectivity index (χ0) is 15.3. The minimum absolute atomic E-state index is 0.257. The Balaban J connectivity index is 1.71. The van der Waals surface area contributed by atoms with Crippen LogP contribution in [0.2, 0.25) is 0 Å². The van der Waals surface area contributed by atoms with Crippen LogP contribution in [0, 0.1) is 5.92 Å². The van der Waals surface area contributed by atoms with Gasteiger partial charge in [-0.25, -0.2) is 0 Å². The van der Waals surface area contributed by atoms with E-state index in [1.165, 1.54) is 12.0 Å². The number of hydrogen-bond donors (Lipinski definition) is 0. The van der Waals surface area contributed by atoms with Gasteiger partial charge in [0, 0.05) is 17.5 Å². The van der Waals surface area contributed by atoms with Gasteiger partial charge in [0.1, 0.15) is 5.75 Å². The molecule has 22 heavy (non-hydrogen) atoms. The molecule has 2 saturated carbocycles. The molecule has 2 fully saturated rings. The van der Waals surface area contributed by atoms with Crippen molar-refractivity contribution in [2.45, 2.75) is 64.0 Å². The Labute approximate surface area is 140 Å². The second-order valence-electron chi connectivity index (χ2n) is 6.92. The number of carbonyl (C=O) groups excluding carboxylic acids is 1. The number of anilines is 1. The molecule has 0 aromatic heterocycles. The summed E-state index contributed by atoms with van der Waals surface area (Å²) >= 11 is 3.64. The number of ether oxygens (including phenoxy) is 1. The zero-order valence-corrected chi connectivity index (χ0v) is 14.6. The van der Waals surface area contributed by atoms with E-state index in [0.29, 0.717) is 18.1 Å². The van der Waals surface area contributed by atoms with Crippen LogP contribution in [0.5, 0.6) is 5.75 Å². The number of rotatable bonds is 3. The number of nitrogens with zero attached hydrogens (tertiary/aromatic N) is 1. The first-order valence-corrected chi connectivity index (χ1v) is 9.25. The van der Waals surface area contributed by atoms with Gasteiger partial charge >= 0.3 is 0 Å². The summed E-state index contributed by atoms with van der Waals surface area (Å²) in [6, 6.07) is 4.42. The van der Waals surface area contributed by atoms with Crippen molar-refractivity contribution >= 4 is 27.5 Å². The van der Waals surface area contributed by atoms with Crippen molar-refractivity contribution in [2.75, 3.05) is 4.90 Å². The first-order chi connectivity index (χ1) is 10.6. The van der Waals surface area contributed by atoms with Crippen molar-refractivity contribution in [3.05, 3.63) is 22.2 Å². The fourth-order valence-electron chi connectivity index (χ4n) is 3.42. The smallest absolute Gasteiger partial charge is 0.230 e. The van der Waals surface area contributed by atoms with Crippen molar-refractivity contribution in [2.24, 2.45) is 5.92 Å². The molecule has 1 amide bonds. The summed E-state index contributed by atoms with van der Waals surface area (Å²) < 4.78 is 7.25. The predicted molar refractivity (Wildman–Crippen MR) is 90.4 cm³/mol. The summed E-state index contributed by atoms with van der Waals surface area (Å²) in [4.78, 5) is 14.7. The van der Waals surface area contributed by atoms with E-state index in [0.717, 1.165) is 54.4 Å². The number of halogens is 1. The van der Waals surface area contributed by atoms with Crippen LogP contribution in [0.4, 0.5) is 5.69 Å². The third kappa shape index (κ3) is 2.45. The molecule has 0 saturated heterocycles. The number of fused-ring (bicyclic) bond motifs is 1. The first-order valence-electron chi connectivity index (χ1n) is 8.46. The molecule has 1 atom stereocenters. The molecule has 3 nitrogen and oxygen atoms in total. The third-order valence-electron chi connectivity index (χ3n) is 5.20. The van der Waals surface area contributed by atoms with Crippen LogP contribution in [0.3, 0.4) is 0 Å². The maximum absolute atomic E-state index is 12.7. The first kappa shape index (κ1) is 14.6. The minimum atomic E-state index is 0.257. The van der Waals surface area contributed by atoms with Gasteiger partial charge in [0.15, 0.2) is 0 Å². The lowest BCUT2D eigenvalue weighted by Gasteiger charge is -2.37. The SMILES string of the molecule is C[C@H]1CCc2c(ccc(Br)c2OC2CCC2)N1C(=O)C1CC1.